The molecule has 1 saturated heterocycles. The first-order valence-electron chi connectivity index (χ1n) is 10.0. The van der Waals surface area contributed by atoms with Gasteiger partial charge in [-0.05, 0) is 38.3 Å². The maximum absolute atomic E-state index is 12.5. The Bertz CT molecular complexity index is 554. The second kappa shape index (κ2) is 10.3. The first-order chi connectivity index (χ1) is 12.5. The Morgan fingerprint density at radius 3 is 2.46 bits per heavy atom. The summed E-state index contributed by atoms with van der Waals surface area (Å²) in [5.41, 5.74) is 1.12. The Kier molecular flexibility index (Phi) is 8.07. The van der Waals surface area contributed by atoms with E-state index in [0.717, 1.165) is 50.0 Å². The number of hydrogen-bond donors (Lipinski definition) is 1. The minimum Gasteiger partial charge on any atom is -0.492 e. The van der Waals surface area contributed by atoms with Crippen LogP contribution in [0.4, 0.5) is 10.5 Å². The smallest absolute Gasteiger partial charge is 0.317 e. The van der Waals surface area contributed by atoms with Crippen molar-refractivity contribution < 1.29 is 9.53 Å². The molecule has 5 heteroatoms. The highest BCUT2D eigenvalue weighted by Gasteiger charge is 2.23. The summed E-state index contributed by atoms with van der Waals surface area (Å²) in [6, 6.07) is 8.45. The lowest BCUT2D eigenvalue weighted by molar-refractivity contribution is 0.190. The lowest BCUT2D eigenvalue weighted by atomic mass is 10.0. The van der Waals surface area contributed by atoms with Gasteiger partial charge in [-0.25, -0.2) is 4.79 Å². The summed E-state index contributed by atoms with van der Waals surface area (Å²) in [6.45, 7) is 12.4. The summed E-state index contributed by atoms with van der Waals surface area (Å²) in [5.74, 6) is 1.65. The molecular formula is C21H35N3O2. The normalized spacial score (nSPS) is 15.9. The summed E-state index contributed by atoms with van der Waals surface area (Å²) < 4.78 is 5.74. The molecule has 1 aliphatic heterocycles. The molecule has 0 radical (unpaired) electrons. The molecule has 2 rings (SSSR count). The van der Waals surface area contributed by atoms with Gasteiger partial charge in [0.25, 0.3) is 0 Å². The number of ether oxygens (including phenoxy) is 1. The van der Waals surface area contributed by atoms with Crippen molar-refractivity contribution in [1.29, 1.82) is 0 Å². The number of carbonyl (C=O) groups excluding carboxylic acids is 1. The fraction of sp³-hybridized carbons (Fsp3) is 0.667. The Morgan fingerprint density at radius 1 is 1.12 bits per heavy atom. The van der Waals surface area contributed by atoms with Crippen LogP contribution >= 0.6 is 0 Å². The van der Waals surface area contributed by atoms with Gasteiger partial charge in [-0.15, -0.1) is 0 Å². The van der Waals surface area contributed by atoms with Crippen molar-refractivity contribution in [2.75, 3.05) is 37.7 Å². The van der Waals surface area contributed by atoms with Crippen LogP contribution in [-0.2, 0) is 0 Å². The van der Waals surface area contributed by atoms with Crippen LogP contribution in [0.1, 0.15) is 47.0 Å². The molecule has 146 valence electrons. The third-order valence-electron chi connectivity index (χ3n) is 4.86. The van der Waals surface area contributed by atoms with E-state index in [1.807, 2.05) is 30.0 Å². The lowest BCUT2D eigenvalue weighted by Crippen LogP contribution is -2.53. The van der Waals surface area contributed by atoms with Crippen molar-refractivity contribution in [3.63, 3.8) is 0 Å². The number of piperazine rings is 1. The fourth-order valence-corrected chi connectivity index (χ4v) is 3.35. The van der Waals surface area contributed by atoms with E-state index in [0.29, 0.717) is 6.61 Å². The number of benzene rings is 1. The van der Waals surface area contributed by atoms with Crippen LogP contribution in [0.3, 0.4) is 0 Å². The maximum atomic E-state index is 12.5. The Labute approximate surface area is 158 Å². The van der Waals surface area contributed by atoms with Gasteiger partial charge in [0, 0.05) is 32.2 Å². The zero-order valence-electron chi connectivity index (χ0n) is 16.8. The molecule has 1 aromatic carbocycles. The molecule has 26 heavy (non-hydrogen) atoms. The summed E-state index contributed by atoms with van der Waals surface area (Å²) in [6.07, 6.45) is 3.44. The van der Waals surface area contributed by atoms with Gasteiger partial charge in [-0.1, -0.05) is 38.8 Å². The van der Waals surface area contributed by atoms with Crippen LogP contribution < -0.4 is 15.0 Å². The van der Waals surface area contributed by atoms with Crippen LogP contribution in [0.5, 0.6) is 5.75 Å². The van der Waals surface area contributed by atoms with E-state index in [-0.39, 0.29) is 12.1 Å². The van der Waals surface area contributed by atoms with Crippen LogP contribution in [0.2, 0.25) is 0 Å². The van der Waals surface area contributed by atoms with Gasteiger partial charge in [0.1, 0.15) is 5.75 Å². The van der Waals surface area contributed by atoms with Crippen LogP contribution in [0.15, 0.2) is 24.3 Å². The van der Waals surface area contributed by atoms with Gasteiger partial charge in [0.05, 0.1) is 12.3 Å². The highest BCUT2D eigenvalue weighted by atomic mass is 16.5. The van der Waals surface area contributed by atoms with Crippen molar-refractivity contribution in [2.24, 2.45) is 5.92 Å². The predicted octanol–water partition coefficient (Wildman–Crippen LogP) is 4.13. The first-order valence-corrected chi connectivity index (χ1v) is 10.0. The standard InChI is InChI=1S/C21H35N3O2/c1-5-26-20-12-7-6-11-19(20)23-13-15-24(16-14-23)21(25)22-18(4)10-8-9-17(2)3/h6-7,11-12,17-18H,5,8-10,13-16H2,1-4H3,(H,22,25)/t18-/m0/s1. The highest BCUT2D eigenvalue weighted by molar-refractivity contribution is 5.75. The fourth-order valence-electron chi connectivity index (χ4n) is 3.35. The molecule has 1 aliphatic rings. The molecule has 1 aromatic rings. The zero-order valence-corrected chi connectivity index (χ0v) is 16.8. The highest BCUT2D eigenvalue weighted by Crippen LogP contribution is 2.28. The Hall–Kier alpha value is -1.91. The number of para-hydroxylation sites is 2. The van der Waals surface area contributed by atoms with Gasteiger partial charge in [-0.2, -0.15) is 0 Å². The quantitative estimate of drug-likeness (QED) is 0.757. The molecular weight excluding hydrogens is 326 g/mol. The third-order valence-corrected chi connectivity index (χ3v) is 4.86. The number of urea groups is 1. The van der Waals surface area contributed by atoms with Crippen molar-refractivity contribution in [1.82, 2.24) is 10.2 Å². The van der Waals surface area contributed by atoms with Gasteiger partial charge in [0.15, 0.2) is 0 Å². The Balaban J connectivity index is 1.80. The van der Waals surface area contributed by atoms with Crippen LogP contribution in [0, 0.1) is 5.92 Å². The van der Waals surface area contributed by atoms with E-state index < -0.39 is 0 Å². The molecule has 5 nitrogen and oxygen atoms in total. The van der Waals surface area contributed by atoms with Gasteiger partial charge < -0.3 is 19.9 Å². The van der Waals surface area contributed by atoms with Crippen LogP contribution in [0.25, 0.3) is 0 Å². The molecule has 0 unspecified atom stereocenters. The van der Waals surface area contributed by atoms with Crippen molar-refractivity contribution in [3.05, 3.63) is 24.3 Å². The minimum atomic E-state index is 0.0693. The number of carbonyl (C=O) groups is 1. The zero-order chi connectivity index (χ0) is 18.9. The maximum Gasteiger partial charge on any atom is 0.317 e. The molecule has 0 saturated carbocycles. The number of rotatable bonds is 8. The summed E-state index contributed by atoms with van der Waals surface area (Å²) in [7, 11) is 0. The number of anilines is 1. The third kappa shape index (κ3) is 6.11. The van der Waals surface area contributed by atoms with E-state index in [2.05, 4.69) is 37.1 Å². The van der Waals surface area contributed by atoms with Gasteiger partial charge in [-0.3, -0.25) is 0 Å². The Morgan fingerprint density at radius 2 is 1.81 bits per heavy atom. The van der Waals surface area contributed by atoms with E-state index in [4.69, 9.17) is 4.74 Å². The van der Waals surface area contributed by atoms with E-state index >= 15 is 0 Å². The molecule has 1 fully saturated rings. The van der Waals surface area contributed by atoms with Crippen LogP contribution in [-0.4, -0.2) is 49.8 Å². The molecule has 1 heterocycles. The van der Waals surface area contributed by atoms with Crippen molar-refractivity contribution in [2.45, 2.75) is 53.0 Å². The monoisotopic (exact) mass is 361 g/mol. The topological polar surface area (TPSA) is 44.8 Å². The average Bonchev–Trinajstić information content (AvgIpc) is 2.62. The summed E-state index contributed by atoms with van der Waals surface area (Å²) in [5, 5.41) is 3.15. The van der Waals surface area contributed by atoms with Crippen molar-refractivity contribution in [3.8, 4) is 5.75 Å². The minimum absolute atomic E-state index is 0.0693. The lowest BCUT2D eigenvalue weighted by Gasteiger charge is -2.37. The first kappa shape index (κ1) is 20.4. The second-order valence-electron chi connectivity index (χ2n) is 7.55. The molecule has 0 spiro atoms. The molecule has 1 atom stereocenters. The molecule has 0 bridgehead atoms. The number of hydrogen-bond acceptors (Lipinski definition) is 3. The van der Waals surface area contributed by atoms with Gasteiger partial charge >= 0.3 is 6.03 Å². The predicted molar refractivity (Wildman–Crippen MR) is 108 cm³/mol. The number of amides is 2. The summed E-state index contributed by atoms with van der Waals surface area (Å²) >= 11 is 0. The molecule has 0 aliphatic carbocycles. The molecule has 2 amide bonds. The number of nitrogens with zero attached hydrogens (tertiary/aromatic N) is 2. The molecule has 1 N–H and O–H groups in total. The van der Waals surface area contributed by atoms with E-state index in [1.165, 1.54) is 12.8 Å². The van der Waals surface area contributed by atoms with E-state index in [9.17, 15) is 4.79 Å². The summed E-state index contributed by atoms with van der Waals surface area (Å²) in [4.78, 5) is 16.7. The largest absolute Gasteiger partial charge is 0.492 e. The molecule has 0 aromatic heterocycles. The second-order valence-corrected chi connectivity index (χ2v) is 7.55. The average molecular weight is 362 g/mol. The number of nitrogens with one attached hydrogen (secondary N) is 1. The van der Waals surface area contributed by atoms with Crippen molar-refractivity contribution >= 4 is 11.7 Å². The van der Waals surface area contributed by atoms with E-state index in [1.54, 1.807) is 0 Å². The van der Waals surface area contributed by atoms with Gasteiger partial charge in [0.2, 0.25) is 0 Å². The SMILES string of the molecule is CCOc1ccccc1N1CCN(C(=O)N[C@@H](C)CCCC(C)C)CC1.